The fraction of sp³-hybridized carbons (Fsp3) is 0.357. The van der Waals surface area contributed by atoms with Gasteiger partial charge < -0.3 is 10.6 Å². The van der Waals surface area contributed by atoms with Gasteiger partial charge in [0.2, 0.25) is 11.0 Å². The summed E-state index contributed by atoms with van der Waals surface area (Å²) in [6.45, 7) is 4.72. The highest BCUT2D eigenvalue weighted by atomic mass is 35.5. The Bertz CT molecular complexity index is 660. The summed E-state index contributed by atoms with van der Waals surface area (Å²) >= 11 is 14.9. The van der Waals surface area contributed by atoms with E-state index < -0.39 is 0 Å². The SMILES string of the molecule is CCCNc1nnc(SC(C)C(=O)Nc2c(Cl)cccc2Cl)s1. The number of carbonyl (C=O) groups is 1. The van der Waals surface area contributed by atoms with E-state index in [4.69, 9.17) is 23.2 Å². The van der Waals surface area contributed by atoms with E-state index in [0.29, 0.717) is 15.7 Å². The van der Waals surface area contributed by atoms with E-state index in [9.17, 15) is 4.79 Å². The van der Waals surface area contributed by atoms with Gasteiger partial charge in [-0.2, -0.15) is 0 Å². The first-order chi connectivity index (χ1) is 11.0. The molecule has 0 fully saturated rings. The van der Waals surface area contributed by atoms with Gasteiger partial charge in [0.25, 0.3) is 0 Å². The molecule has 0 saturated carbocycles. The number of anilines is 2. The van der Waals surface area contributed by atoms with Crippen LogP contribution < -0.4 is 10.6 Å². The van der Waals surface area contributed by atoms with Crippen molar-refractivity contribution >= 4 is 63.0 Å². The van der Waals surface area contributed by atoms with Crippen molar-refractivity contribution in [2.24, 2.45) is 0 Å². The lowest BCUT2D eigenvalue weighted by Gasteiger charge is -2.12. The lowest BCUT2D eigenvalue weighted by atomic mass is 10.3. The molecule has 1 unspecified atom stereocenters. The van der Waals surface area contributed by atoms with Crippen LogP contribution in [0, 0.1) is 0 Å². The fourth-order valence-electron chi connectivity index (χ4n) is 1.61. The van der Waals surface area contributed by atoms with Crippen molar-refractivity contribution in [3.63, 3.8) is 0 Å². The standard InChI is InChI=1S/C14H16Cl2N4OS2/c1-3-7-17-13-19-20-14(23-13)22-8(2)12(21)18-11-9(15)5-4-6-10(11)16/h4-6,8H,3,7H2,1-2H3,(H,17,19)(H,18,21). The van der Waals surface area contributed by atoms with Crippen LogP contribution in [0.5, 0.6) is 0 Å². The van der Waals surface area contributed by atoms with Crippen molar-refractivity contribution in [1.29, 1.82) is 0 Å². The zero-order chi connectivity index (χ0) is 16.8. The number of para-hydroxylation sites is 1. The van der Waals surface area contributed by atoms with Crippen LogP contribution in [-0.4, -0.2) is 27.9 Å². The van der Waals surface area contributed by atoms with Crippen LogP contribution in [0.4, 0.5) is 10.8 Å². The maximum Gasteiger partial charge on any atom is 0.237 e. The van der Waals surface area contributed by atoms with Gasteiger partial charge in [-0.15, -0.1) is 10.2 Å². The topological polar surface area (TPSA) is 66.9 Å². The van der Waals surface area contributed by atoms with Gasteiger partial charge in [0, 0.05) is 6.54 Å². The molecule has 1 amide bonds. The minimum Gasteiger partial charge on any atom is -0.360 e. The van der Waals surface area contributed by atoms with E-state index in [1.165, 1.54) is 23.1 Å². The van der Waals surface area contributed by atoms with Crippen LogP contribution in [0.3, 0.4) is 0 Å². The third-order valence-electron chi connectivity index (χ3n) is 2.79. The fourth-order valence-corrected chi connectivity index (χ4v) is 4.02. The Morgan fingerprint density at radius 3 is 2.70 bits per heavy atom. The molecule has 0 aliphatic heterocycles. The average Bonchev–Trinajstić information content (AvgIpc) is 2.96. The monoisotopic (exact) mass is 390 g/mol. The molecular weight excluding hydrogens is 375 g/mol. The largest absolute Gasteiger partial charge is 0.360 e. The first-order valence-electron chi connectivity index (χ1n) is 7.00. The second-order valence-electron chi connectivity index (χ2n) is 4.65. The van der Waals surface area contributed by atoms with Crippen molar-refractivity contribution in [3.05, 3.63) is 28.2 Å². The molecule has 124 valence electrons. The Hall–Kier alpha value is -1.02. The number of hydrogen-bond donors (Lipinski definition) is 2. The highest BCUT2D eigenvalue weighted by molar-refractivity contribution is 8.02. The van der Waals surface area contributed by atoms with Gasteiger partial charge in [-0.25, -0.2) is 0 Å². The molecule has 5 nitrogen and oxygen atoms in total. The summed E-state index contributed by atoms with van der Waals surface area (Å²) in [5.41, 5.74) is 0.427. The molecule has 2 N–H and O–H groups in total. The Balaban J connectivity index is 1.96. The number of amides is 1. The summed E-state index contributed by atoms with van der Waals surface area (Å²) in [7, 11) is 0. The van der Waals surface area contributed by atoms with Crippen LogP contribution in [0.25, 0.3) is 0 Å². The average molecular weight is 391 g/mol. The van der Waals surface area contributed by atoms with Gasteiger partial charge >= 0.3 is 0 Å². The third-order valence-corrected chi connectivity index (χ3v) is 5.49. The third kappa shape index (κ3) is 5.24. The van der Waals surface area contributed by atoms with E-state index in [-0.39, 0.29) is 11.2 Å². The second-order valence-corrected chi connectivity index (χ2v) is 8.03. The Morgan fingerprint density at radius 2 is 2.04 bits per heavy atom. The first-order valence-corrected chi connectivity index (χ1v) is 9.45. The maximum absolute atomic E-state index is 12.3. The van der Waals surface area contributed by atoms with Crippen LogP contribution in [0.15, 0.2) is 22.5 Å². The van der Waals surface area contributed by atoms with Gasteiger partial charge in [0.1, 0.15) is 0 Å². The number of nitrogens with zero attached hydrogens (tertiary/aromatic N) is 2. The Kier molecular flexibility index (Phi) is 6.95. The van der Waals surface area contributed by atoms with Crippen molar-refractivity contribution in [3.8, 4) is 0 Å². The molecule has 0 radical (unpaired) electrons. The van der Waals surface area contributed by atoms with Gasteiger partial charge in [-0.1, -0.05) is 59.3 Å². The highest BCUT2D eigenvalue weighted by Crippen LogP contribution is 2.32. The van der Waals surface area contributed by atoms with Gasteiger partial charge in [0.15, 0.2) is 4.34 Å². The number of rotatable bonds is 7. The van der Waals surface area contributed by atoms with E-state index in [1.807, 2.05) is 0 Å². The smallest absolute Gasteiger partial charge is 0.237 e. The molecule has 9 heteroatoms. The van der Waals surface area contributed by atoms with Crippen molar-refractivity contribution < 1.29 is 4.79 Å². The highest BCUT2D eigenvalue weighted by Gasteiger charge is 2.19. The van der Waals surface area contributed by atoms with Gasteiger partial charge in [-0.05, 0) is 25.5 Å². The summed E-state index contributed by atoms with van der Waals surface area (Å²) in [5, 5.41) is 15.3. The Labute approximate surface area is 153 Å². The molecule has 0 saturated heterocycles. The molecule has 0 spiro atoms. The summed E-state index contributed by atoms with van der Waals surface area (Å²) < 4.78 is 0.733. The van der Waals surface area contributed by atoms with Gasteiger partial charge in [0.05, 0.1) is 21.0 Å². The van der Waals surface area contributed by atoms with E-state index in [2.05, 4.69) is 27.8 Å². The zero-order valence-corrected chi connectivity index (χ0v) is 15.7. The molecule has 2 rings (SSSR count). The van der Waals surface area contributed by atoms with Crippen LogP contribution in [0.2, 0.25) is 10.0 Å². The van der Waals surface area contributed by atoms with E-state index in [1.54, 1.807) is 25.1 Å². The van der Waals surface area contributed by atoms with Crippen LogP contribution in [0.1, 0.15) is 20.3 Å². The first kappa shape index (κ1) is 18.3. The molecular formula is C14H16Cl2N4OS2. The number of halogens is 2. The molecule has 0 bridgehead atoms. The normalized spacial score (nSPS) is 12.0. The quantitative estimate of drug-likeness (QED) is 0.665. The maximum atomic E-state index is 12.3. The number of carbonyl (C=O) groups excluding carboxylic acids is 1. The number of hydrogen-bond acceptors (Lipinski definition) is 6. The van der Waals surface area contributed by atoms with Crippen molar-refractivity contribution in [2.45, 2.75) is 29.9 Å². The lowest BCUT2D eigenvalue weighted by Crippen LogP contribution is -2.22. The number of benzene rings is 1. The zero-order valence-electron chi connectivity index (χ0n) is 12.6. The molecule has 0 aliphatic rings. The van der Waals surface area contributed by atoms with Crippen LogP contribution >= 0.6 is 46.3 Å². The van der Waals surface area contributed by atoms with Gasteiger partial charge in [-0.3, -0.25) is 4.79 Å². The minimum atomic E-state index is -0.352. The minimum absolute atomic E-state index is 0.191. The molecule has 1 heterocycles. The molecule has 0 aliphatic carbocycles. The molecule has 1 atom stereocenters. The summed E-state index contributed by atoms with van der Waals surface area (Å²) in [6.07, 6.45) is 1.01. The predicted octanol–water partition coefficient (Wildman–Crippen LogP) is 4.79. The summed E-state index contributed by atoms with van der Waals surface area (Å²) in [4.78, 5) is 12.3. The number of aromatic nitrogens is 2. The summed E-state index contributed by atoms with van der Waals surface area (Å²) in [6, 6.07) is 5.08. The van der Waals surface area contributed by atoms with E-state index >= 15 is 0 Å². The number of nitrogens with one attached hydrogen (secondary N) is 2. The van der Waals surface area contributed by atoms with E-state index in [0.717, 1.165) is 22.4 Å². The van der Waals surface area contributed by atoms with Crippen molar-refractivity contribution in [1.82, 2.24) is 10.2 Å². The molecule has 1 aromatic carbocycles. The lowest BCUT2D eigenvalue weighted by molar-refractivity contribution is -0.115. The molecule has 2 aromatic rings. The number of thioether (sulfide) groups is 1. The van der Waals surface area contributed by atoms with Crippen molar-refractivity contribution in [2.75, 3.05) is 17.2 Å². The second kappa shape index (κ2) is 8.73. The summed E-state index contributed by atoms with van der Waals surface area (Å²) in [5.74, 6) is -0.191. The van der Waals surface area contributed by atoms with Crippen LogP contribution in [-0.2, 0) is 4.79 Å². The molecule has 23 heavy (non-hydrogen) atoms. The Morgan fingerprint density at radius 1 is 1.35 bits per heavy atom. The molecule has 1 aromatic heterocycles. The predicted molar refractivity (Wildman–Crippen MR) is 99.1 cm³/mol.